The van der Waals surface area contributed by atoms with E-state index in [4.69, 9.17) is 4.74 Å². The molecule has 3 aromatic rings. The van der Waals surface area contributed by atoms with Crippen molar-refractivity contribution in [3.8, 4) is 5.75 Å². The first-order valence-corrected chi connectivity index (χ1v) is 13.3. The fraction of sp³-hybridized carbons (Fsp3) is 0.387. The van der Waals surface area contributed by atoms with Crippen molar-refractivity contribution in [1.82, 2.24) is 10.2 Å². The van der Waals surface area contributed by atoms with Gasteiger partial charge in [-0.15, -0.1) is 0 Å². The summed E-state index contributed by atoms with van der Waals surface area (Å²) < 4.78 is 5.41. The number of benzene rings is 3. The van der Waals surface area contributed by atoms with Crippen LogP contribution in [0.1, 0.15) is 59.1 Å². The van der Waals surface area contributed by atoms with Gasteiger partial charge < -0.3 is 25.4 Å². The Hall–Kier alpha value is -4.07. The molecule has 1 fully saturated rings. The fourth-order valence-electron chi connectivity index (χ4n) is 4.59. The average molecular weight is 532 g/mol. The first kappa shape index (κ1) is 28.0. The van der Waals surface area contributed by atoms with Crippen LogP contribution < -0.4 is 10.6 Å². The fourth-order valence-corrected chi connectivity index (χ4v) is 4.59. The van der Waals surface area contributed by atoms with E-state index in [0.29, 0.717) is 11.3 Å². The molecule has 0 heterocycles. The number of rotatable bonds is 8. The van der Waals surface area contributed by atoms with Crippen LogP contribution in [-0.2, 0) is 14.3 Å². The SMILES string of the molecule is CC(C)C(NC(=O)OC(C)(C)C)C(=O)N(C1CC1)C(C(=O)Nc1ccc2ccccc2c1)c1ccccc1O. The van der Waals surface area contributed by atoms with Gasteiger partial charge in [-0.3, -0.25) is 9.59 Å². The first-order valence-electron chi connectivity index (χ1n) is 13.3. The summed E-state index contributed by atoms with van der Waals surface area (Å²) in [6.45, 7) is 8.91. The molecule has 0 spiro atoms. The Bertz CT molecular complexity index is 1360. The predicted molar refractivity (Wildman–Crippen MR) is 151 cm³/mol. The number of phenols is 1. The van der Waals surface area contributed by atoms with E-state index < -0.39 is 35.6 Å². The number of hydrogen-bond acceptors (Lipinski definition) is 5. The van der Waals surface area contributed by atoms with Crippen molar-refractivity contribution in [1.29, 1.82) is 0 Å². The Kier molecular flexibility index (Phi) is 8.14. The summed E-state index contributed by atoms with van der Waals surface area (Å²) in [5, 5.41) is 18.5. The average Bonchev–Trinajstić information content (AvgIpc) is 3.70. The van der Waals surface area contributed by atoms with E-state index in [2.05, 4.69) is 10.6 Å². The van der Waals surface area contributed by atoms with Gasteiger partial charge in [0.2, 0.25) is 5.91 Å². The largest absolute Gasteiger partial charge is 0.508 e. The van der Waals surface area contributed by atoms with Crippen molar-refractivity contribution < 1.29 is 24.2 Å². The van der Waals surface area contributed by atoms with Crippen LogP contribution in [0.5, 0.6) is 5.75 Å². The van der Waals surface area contributed by atoms with Crippen LogP contribution in [0.3, 0.4) is 0 Å². The van der Waals surface area contributed by atoms with E-state index in [-0.39, 0.29) is 17.7 Å². The maximum atomic E-state index is 14.1. The molecule has 0 bridgehead atoms. The van der Waals surface area contributed by atoms with E-state index >= 15 is 0 Å². The quantitative estimate of drug-likeness (QED) is 0.342. The van der Waals surface area contributed by atoms with E-state index in [9.17, 15) is 19.5 Å². The number of nitrogens with one attached hydrogen (secondary N) is 2. The minimum Gasteiger partial charge on any atom is -0.508 e. The van der Waals surface area contributed by atoms with Crippen molar-refractivity contribution in [2.45, 2.75) is 71.2 Å². The second-order valence-corrected chi connectivity index (χ2v) is 11.4. The number of nitrogens with zero attached hydrogens (tertiary/aromatic N) is 1. The molecule has 0 aromatic heterocycles. The molecule has 8 nitrogen and oxygen atoms in total. The molecule has 2 unspecified atom stereocenters. The molecule has 3 aromatic carbocycles. The maximum Gasteiger partial charge on any atom is 0.408 e. The number of para-hydroxylation sites is 1. The van der Waals surface area contributed by atoms with Crippen LogP contribution in [0.2, 0.25) is 0 Å². The third kappa shape index (κ3) is 6.88. The number of carbonyl (C=O) groups is 3. The Labute approximate surface area is 229 Å². The standard InChI is InChI=1S/C31H37N3O5/c1-19(2)26(33-30(38)39-31(3,4)5)29(37)34(23-16-17-23)27(24-12-8-9-13-25(24)35)28(36)32-22-15-14-20-10-6-7-11-21(20)18-22/h6-15,18-19,23,26-27,35H,16-17H2,1-5H3,(H,32,36)(H,33,38). The third-order valence-corrected chi connectivity index (χ3v) is 6.57. The number of amides is 3. The van der Waals surface area contributed by atoms with Crippen molar-refractivity contribution in [3.05, 3.63) is 72.3 Å². The number of ether oxygens (including phenoxy) is 1. The van der Waals surface area contributed by atoms with Gasteiger partial charge in [0, 0.05) is 17.3 Å². The van der Waals surface area contributed by atoms with Crippen molar-refractivity contribution in [2.24, 2.45) is 5.92 Å². The molecule has 0 saturated heterocycles. The Morgan fingerprint density at radius 3 is 2.21 bits per heavy atom. The number of aromatic hydroxyl groups is 1. The van der Waals surface area contributed by atoms with Gasteiger partial charge in [0.05, 0.1) is 0 Å². The van der Waals surface area contributed by atoms with E-state index in [1.807, 2.05) is 56.3 Å². The van der Waals surface area contributed by atoms with Crippen LogP contribution >= 0.6 is 0 Å². The molecule has 3 N–H and O–H groups in total. The lowest BCUT2D eigenvalue weighted by molar-refractivity contribution is -0.142. The van der Waals surface area contributed by atoms with Gasteiger partial charge in [-0.05, 0) is 68.5 Å². The third-order valence-electron chi connectivity index (χ3n) is 6.57. The maximum absolute atomic E-state index is 14.1. The number of fused-ring (bicyclic) bond motifs is 1. The second-order valence-electron chi connectivity index (χ2n) is 11.4. The minimum absolute atomic E-state index is 0.0872. The summed E-state index contributed by atoms with van der Waals surface area (Å²) in [4.78, 5) is 42.2. The molecule has 206 valence electrons. The van der Waals surface area contributed by atoms with Crippen LogP contribution in [-0.4, -0.2) is 45.6 Å². The number of alkyl carbamates (subject to hydrolysis) is 1. The highest BCUT2D eigenvalue weighted by Crippen LogP contribution is 2.39. The predicted octanol–water partition coefficient (Wildman–Crippen LogP) is 5.77. The summed E-state index contributed by atoms with van der Waals surface area (Å²) in [5.74, 6) is -1.22. The highest BCUT2D eigenvalue weighted by Gasteiger charge is 2.45. The van der Waals surface area contributed by atoms with Crippen molar-refractivity contribution in [2.75, 3.05) is 5.32 Å². The zero-order valence-electron chi connectivity index (χ0n) is 23.1. The van der Waals surface area contributed by atoms with Crippen LogP contribution in [0.15, 0.2) is 66.7 Å². The molecule has 8 heteroatoms. The van der Waals surface area contributed by atoms with Crippen molar-refractivity contribution in [3.63, 3.8) is 0 Å². The summed E-state index contributed by atoms with van der Waals surface area (Å²) in [7, 11) is 0. The molecule has 1 aliphatic rings. The lowest BCUT2D eigenvalue weighted by atomic mass is 9.98. The summed E-state index contributed by atoms with van der Waals surface area (Å²) in [6, 6.07) is 17.7. The lowest BCUT2D eigenvalue weighted by Gasteiger charge is -2.36. The first-order chi connectivity index (χ1) is 18.4. The van der Waals surface area contributed by atoms with Crippen LogP contribution in [0.25, 0.3) is 10.8 Å². The molecule has 1 aliphatic carbocycles. The number of carbonyl (C=O) groups excluding carboxylic acids is 3. The van der Waals surface area contributed by atoms with Crippen LogP contribution in [0, 0.1) is 5.92 Å². The van der Waals surface area contributed by atoms with E-state index in [0.717, 1.165) is 23.6 Å². The topological polar surface area (TPSA) is 108 Å². The van der Waals surface area contributed by atoms with Gasteiger partial charge >= 0.3 is 6.09 Å². The number of phenolic OH excluding ortho intramolecular Hbond substituents is 1. The van der Waals surface area contributed by atoms with Gasteiger partial charge in [-0.25, -0.2) is 4.79 Å². The van der Waals surface area contributed by atoms with E-state index in [1.165, 1.54) is 11.0 Å². The van der Waals surface area contributed by atoms with Gasteiger partial charge in [-0.1, -0.05) is 62.4 Å². The zero-order chi connectivity index (χ0) is 28.3. The Morgan fingerprint density at radius 2 is 1.59 bits per heavy atom. The van der Waals surface area contributed by atoms with Gasteiger partial charge in [0.15, 0.2) is 0 Å². The van der Waals surface area contributed by atoms with Crippen molar-refractivity contribution >= 4 is 34.4 Å². The molecule has 3 amide bonds. The molecule has 0 aliphatic heterocycles. The molecular weight excluding hydrogens is 494 g/mol. The normalized spacial score (nSPS) is 14.9. The summed E-state index contributed by atoms with van der Waals surface area (Å²) in [5.41, 5.74) is 0.161. The molecule has 2 atom stereocenters. The van der Waals surface area contributed by atoms with Gasteiger partial charge in [-0.2, -0.15) is 0 Å². The Balaban J connectivity index is 1.69. The highest BCUT2D eigenvalue weighted by atomic mass is 16.6. The summed E-state index contributed by atoms with van der Waals surface area (Å²) >= 11 is 0. The molecule has 39 heavy (non-hydrogen) atoms. The summed E-state index contributed by atoms with van der Waals surface area (Å²) in [6.07, 6.45) is 0.734. The second kappa shape index (κ2) is 11.4. The molecule has 0 radical (unpaired) electrons. The zero-order valence-corrected chi connectivity index (χ0v) is 23.1. The lowest BCUT2D eigenvalue weighted by Crippen LogP contribution is -2.55. The monoisotopic (exact) mass is 531 g/mol. The molecule has 4 rings (SSSR count). The molecular formula is C31H37N3O5. The Morgan fingerprint density at radius 1 is 0.949 bits per heavy atom. The van der Waals surface area contributed by atoms with Crippen LogP contribution in [0.4, 0.5) is 10.5 Å². The minimum atomic E-state index is -1.11. The highest BCUT2D eigenvalue weighted by molar-refractivity contribution is 6.01. The van der Waals surface area contributed by atoms with Gasteiger partial charge in [0.25, 0.3) is 5.91 Å². The molecule has 1 saturated carbocycles. The van der Waals surface area contributed by atoms with Gasteiger partial charge in [0.1, 0.15) is 23.4 Å². The number of anilines is 1. The number of hydrogen-bond donors (Lipinski definition) is 3. The van der Waals surface area contributed by atoms with E-state index in [1.54, 1.807) is 39.0 Å². The smallest absolute Gasteiger partial charge is 0.408 e.